The Morgan fingerprint density at radius 3 is 1.36 bits per heavy atom. The zero-order valence-corrected chi connectivity index (χ0v) is 30.5. The molecule has 3 nitrogen and oxygen atoms in total. The molecule has 0 unspecified atom stereocenters. The van der Waals surface area contributed by atoms with Gasteiger partial charge in [0.05, 0.1) is 0 Å². The summed E-state index contributed by atoms with van der Waals surface area (Å²) in [6.45, 7) is 0. The predicted molar refractivity (Wildman–Crippen MR) is 232 cm³/mol. The third-order valence-electron chi connectivity index (χ3n) is 10.7. The van der Waals surface area contributed by atoms with Crippen LogP contribution in [0.15, 0.2) is 188 Å². The zero-order valence-electron chi connectivity index (χ0n) is 29.6. The third kappa shape index (κ3) is 5.38. The summed E-state index contributed by atoms with van der Waals surface area (Å²) in [5.74, 6) is 1.94. The first-order chi connectivity index (χ1) is 27.2. The minimum atomic E-state index is 0.642. The monoisotopic (exact) mass is 717 g/mol. The van der Waals surface area contributed by atoms with E-state index in [0.717, 1.165) is 27.8 Å². The van der Waals surface area contributed by atoms with Gasteiger partial charge in [-0.3, -0.25) is 0 Å². The van der Waals surface area contributed by atoms with Crippen LogP contribution in [-0.2, 0) is 0 Å². The molecule has 4 heteroatoms. The first-order valence-corrected chi connectivity index (χ1v) is 19.3. The van der Waals surface area contributed by atoms with Crippen molar-refractivity contribution >= 4 is 63.8 Å². The molecule has 0 amide bonds. The van der Waals surface area contributed by atoms with Gasteiger partial charge in [-0.05, 0) is 55.3 Å². The fraction of sp³-hybridized carbons (Fsp3) is 0. The van der Waals surface area contributed by atoms with Gasteiger partial charge >= 0.3 is 0 Å². The molecule has 0 saturated carbocycles. The van der Waals surface area contributed by atoms with E-state index in [4.69, 9.17) is 15.0 Å². The van der Waals surface area contributed by atoms with E-state index < -0.39 is 0 Å². The Hall–Kier alpha value is -7.01. The van der Waals surface area contributed by atoms with Gasteiger partial charge in [-0.25, -0.2) is 15.0 Å². The maximum Gasteiger partial charge on any atom is 0.164 e. The molecule has 2 heterocycles. The van der Waals surface area contributed by atoms with Crippen LogP contribution >= 0.6 is 11.3 Å². The van der Waals surface area contributed by atoms with Crippen LogP contribution in [0.4, 0.5) is 0 Å². The fourth-order valence-corrected chi connectivity index (χ4v) is 9.41. The average molecular weight is 718 g/mol. The van der Waals surface area contributed by atoms with Gasteiger partial charge in [-0.2, -0.15) is 0 Å². The van der Waals surface area contributed by atoms with E-state index in [0.29, 0.717) is 17.5 Å². The SMILES string of the molecule is c1ccc(-c2ccc(-c3nc(-c4ccc(-c5ccccc5)cc4)nc(-c4cc5ccc6ccccc6c5c5sc6c7ccccc7ccc6c45)n3)cc2)cc1. The highest BCUT2D eigenvalue weighted by molar-refractivity contribution is 7.27. The predicted octanol–water partition coefficient (Wildman–Crippen LogP) is 14.0. The molecule has 0 aliphatic carbocycles. The van der Waals surface area contributed by atoms with Gasteiger partial charge in [0.2, 0.25) is 0 Å². The number of thiophene rings is 1. The second kappa shape index (κ2) is 12.8. The maximum atomic E-state index is 5.32. The molecule has 2 aromatic heterocycles. The van der Waals surface area contributed by atoms with Crippen molar-refractivity contribution in [1.82, 2.24) is 15.0 Å². The van der Waals surface area contributed by atoms with Crippen molar-refractivity contribution in [2.75, 3.05) is 0 Å². The summed E-state index contributed by atoms with van der Waals surface area (Å²) < 4.78 is 2.52. The lowest BCUT2D eigenvalue weighted by molar-refractivity contribution is 1.08. The summed E-state index contributed by atoms with van der Waals surface area (Å²) in [5, 5.41) is 9.80. The molecule has 0 aliphatic rings. The van der Waals surface area contributed by atoms with Crippen molar-refractivity contribution in [2.24, 2.45) is 0 Å². The number of fused-ring (bicyclic) bond motifs is 9. The second-order valence-electron chi connectivity index (χ2n) is 14.0. The minimum Gasteiger partial charge on any atom is -0.208 e. The average Bonchev–Trinajstić information content (AvgIpc) is 3.67. The molecule has 55 heavy (non-hydrogen) atoms. The summed E-state index contributed by atoms with van der Waals surface area (Å²) in [7, 11) is 0. The second-order valence-corrected chi connectivity index (χ2v) is 15.0. The summed E-state index contributed by atoms with van der Waals surface area (Å²) in [5.41, 5.74) is 7.53. The van der Waals surface area contributed by atoms with Gasteiger partial charge in [0.1, 0.15) is 0 Å². The van der Waals surface area contributed by atoms with Crippen LogP contribution in [0.2, 0.25) is 0 Å². The molecule has 0 saturated heterocycles. The van der Waals surface area contributed by atoms with E-state index in [2.05, 4.69) is 176 Å². The van der Waals surface area contributed by atoms with E-state index in [-0.39, 0.29) is 0 Å². The van der Waals surface area contributed by atoms with E-state index in [1.807, 2.05) is 23.5 Å². The zero-order chi connectivity index (χ0) is 36.3. The quantitative estimate of drug-likeness (QED) is 0.166. The Bertz CT molecular complexity index is 3120. The van der Waals surface area contributed by atoms with Gasteiger partial charge < -0.3 is 0 Å². The molecule has 0 fully saturated rings. The Labute approximate surface area is 321 Å². The first kappa shape index (κ1) is 31.5. The summed E-state index contributed by atoms with van der Waals surface area (Å²) >= 11 is 1.87. The van der Waals surface area contributed by atoms with Crippen LogP contribution < -0.4 is 0 Å². The number of hydrogen-bond acceptors (Lipinski definition) is 4. The molecule has 0 aliphatic heterocycles. The molecule has 0 bridgehead atoms. The largest absolute Gasteiger partial charge is 0.208 e. The molecular weight excluding hydrogens is 687 g/mol. The lowest BCUT2D eigenvalue weighted by Crippen LogP contribution is -2.00. The van der Waals surface area contributed by atoms with Crippen molar-refractivity contribution in [3.05, 3.63) is 188 Å². The van der Waals surface area contributed by atoms with Gasteiger partial charge in [0, 0.05) is 42.2 Å². The molecule has 0 atom stereocenters. The minimum absolute atomic E-state index is 0.642. The molecule has 0 N–H and O–H groups in total. The lowest BCUT2D eigenvalue weighted by atomic mass is 9.95. The molecule has 0 spiro atoms. The van der Waals surface area contributed by atoms with Gasteiger partial charge in [0.15, 0.2) is 17.5 Å². The molecule has 11 aromatic rings. The summed E-state index contributed by atoms with van der Waals surface area (Å²) in [6.07, 6.45) is 0. The number of benzene rings is 9. The van der Waals surface area contributed by atoms with Gasteiger partial charge in [-0.1, -0.05) is 182 Å². The lowest BCUT2D eigenvalue weighted by Gasteiger charge is -2.13. The number of rotatable bonds is 5. The van der Waals surface area contributed by atoms with Crippen LogP contribution in [0.5, 0.6) is 0 Å². The Kier molecular flexibility index (Phi) is 7.35. The number of hydrogen-bond donors (Lipinski definition) is 0. The van der Waals surface area contributed by atoms with Crippen LogP contribution in [-0.4, -0.2) is 15.0 Å². The standard InChI is InChI=1S/C51H31N3S/c1-3-11-32(12-4-1)34-19-24-38(25-20-34)49-52-50(39-26-21-35(22-27-39)33-13-5-2-6-14-33)54-51(53-49)44-31-40-28-23-36-15-7-9-17-41(36)45(40)48-46(44)43-30-29-37-16-8-10-18-42(37)47(43)55-48/h1-31H. The van der Waals surface area contributed by atoms with Crippen molar-refractivity contribution in [1.29, 1.82) is 0 Å². The molecule has 256 valence electrons. The van der Waals surface area contributed by atoms with E-state index in [9.17, 15) is 0 Å². The van der Waals surface area contributed by atoms with E-state index in [1.165, 1.54) is 63.6 Å². The van der Waals surface area contributed by atoms with Crippen molar-refractivity contribution in [3.63, 3.8) is 0 Å². The van der Waals surface area contributed by atoms with Crippen LogP contribution in [0.25, 0.3) is 109 Å². The molecular formula is C51H31N3S. The smallest absolute Gasteiger partial charge is 0.164 e. The number of aromatic nitrogens is 3. The topological polar surface area (TPSA) is 38.7 Å². The third-order valence-corrected chi connectivity index (χ3v) is 12.0. The highest BCUT2D eigenvalue weighted by Crippen LogP contribution is 2.47. The summed E-state index contributed by atoms with van der Waals surface area (Å²) in [4.78, 5) is 15.8. The fourth-order valence-electron chi connectivity index (χ4n) is 7.97. The maximum absolute atomic E-state index is 5.32. The van der Waals surface area contributed by atoms with Crippen molar-refractivity contribution in [2.45, 2.75) is 0 Å². The van der Waals surface area contributed by atoms with Gasteiger partial charge in [-0.15, -0.1) is 11.3 Å². The Morgan fingerprint density at radius 1 is 0.291 bits per heavy atom. The normalized spacial score (nSPS) is 11.6. The highest BCUT2D eigenvalue weighted by atomic mass is 32.1. The van der Waals surface area contributed by atoms with Crippen LogP contribution in [0.3, 0.4) is 0 Å². The number of nitrogens with zero attached hydrogens (tertiary/aromatic N) is 3. The summed E-state index contributed by atoms with van der Waals surface area (Å²) in [6, 6.07) is 66.7. The van der Waals surface area contributed by atoms with Crippen LogP contribution in [0, 0.1) is 0 Å². The van der Waals surface area contributed by atoms with Crippen LogP contribution in [0.1, 0.15) is 0 Å². The molecule has 9 aromatic carbocycles. The Morgan fingerprint density at radius 2 is 0.745 bits per heavy atom. The first-order valence-electron chi connectivity index (χ1n) is 18.5. The van der Waals surface area contributed by atoms with Crippen molar-refractivity contribution in [3.8, 4) is 56.4 Å². The molecule has 11 rings (SSSR count). The molecule has 0 radical (unpaired) electrons. The van der Waals surface area contributed by atoms with Crippen molar-refractivity contribution < 1.29 is 0 Å². The Balaban J connectivity index is 1.18. The highest BCUT2D eigenvalue weighted by Gasteiger charge is 2.21. The van der Waals surface area contributed by atoms with E-state index in [1.54, 1.807) is 0 Å². The van der Waals surface area contributed by atoms with E-state index >= 15 is 0 Å². The van der Waals surface area contributed by atoms with Gasteiger partial charge in [0.25, 0.3) is 0 Å².